The smallest absolute Gasteiger partial charge is 0.252 e. The Morgan fingerprint density at radius 1 is 1.27 bits per heavy atom. The van der Waals surface area contributed by atoms with Crippen molar-refractivity contribution in [2.45, 2.75) is 0 Å². The molecule has 0 unspecified atom stereocenters. The molecule has 3 N–H and O–H groups in total. The second-order valence-corrected chi connectivity index (χ2v) is 2.92. The van der Waals surface area contributed by atoms with Gasteiger partial charge in [0.05, 0.1) is 5.69 Å². The molecule has 0 radical (unpaired) electrons. The van der Waals surface area contributed by atoms with Crippen molar-refractivity contribution in [1.29, 1.82) is 0 Å². The van der Waals surface area contributed by atoms with Gasteiger partial charge in [0.15, 0.2) is 0 Å². The average molecular weight is 203 g/mol. The molecule has 0 amide bonds. The van der Waals surface area contributed by atoms with Crippen LogP contribution in [0.2, 0.25) is 0 Å². The molecule has 0 fully saturated rings. The lowest BCUT2D eigenvalue weighted by Crippen LogP contribution is -2.08. The van der Waals surface area contributed by atoms with Crippen molar-refractivity contribution < 1.29 is 5.11 Å². The summed E-state index contributed by atoms with van der Waals surface area (Å²) < 4.78 is 0. The summed E-state index contributed by atoms with van der Waals surface area (Å²) in [7, 11) is 0. The number of aromatic amines is 1. The first kappa shape index (κ1) is 9.26. The Morgan fingerprint density at radius 3 is 2.80 bits per heavy atom. The van der Waals surface area contributed by atoms with Crippen LogP contribution in [0.15, 0.2) is 41.3 Å². The highest BCUT2D eigenvalue weighted by atomic mass is 16.3. The largest absolute Gasteiger partial charge is 0.506 e. The molecule has 15 heavy (non-hydrogen) atoms. The molecule has 1 heterocycles. The normalized spacial score (nSPS) is 9.87. The van der Waals surface area contributed by atoms with E-state index in [1.807, 2.05) is 0 Å². The summed E-state index contributed by atoms with van der Waals surface area (Å²) in [6.45, 7) is 0. The minimum Gasteiger partial charge on any atom is -0.506 e. The van der Waals surface area contributed by atoms with Crippen molar-refractivity contribution >= 4 is 11.6 Å². The number of H-pyrrole nitrogens is 1. The fourth-order valence-electron chi connectivity index (χ4n) is 1.14. The molecular weight excluding hydrogens is 194 g/mol. The fourth-order valence-corrected chi connectivity index (χ4v) is 1.14. The molecule has 1 aromatic carbocycles. The monoisotopic (exact) mass is 203 g/mol. The molecule has 0 bridgehead atoms. The van der Waals surface area contributed by atoms with Crippen molar-refractivity contribution in [3.8, 4) is 5.75 Å². The predicted molar refractivity (Wildman–Crippen MR) is 56.2 cm³/mol. The number of phenols is 1. The molecule has 0 aliphatic carbocycles. The SMILES string of the molecule is O=c1ccnc(Nc2ccccc2O)[nH]1. The van der Waals surface area contributed by atoms with Gasteiger partial charge >= 0.3 is 0 Å². The molecule has 0 spiro atoms. The first-order valence-electron chi connectivity index (χ1n) is 4.36. The molecule has 0 saturated heterocycles. The van der Waals surface area contributed by atoms with E-state index in [1.165, 1.54) is 12.3 Å². The number of hydrogen-bond acceptors (Lipinski definition) is 4. The third-order valence-electron chi connectivity index (χ3n) is 1.83. The summed E-state index contributed by atoms with van der Waals surface area (Å²) in [5.41, 5.74) is 0.245. The lowest BCUT2D eigenvalue weighted by molar-refractivity contribution is 0.477. The highest BCUT2D eigenvalue weighted by Gasteiger charge is 2.00. The zero-order chi connectivity index (χ0) is 10.7. The quantitative estimate of drug-likeness (QED) is 0.641. The number of aromatic hydroxyl groups is 1. The highest BCUT2D eigenvalue weighted by molar-refractivity contribution is 5.61. The van der Waals surface area contributed by atoms with Gasteiger partial charge in [-0.2, -0.15) is 0 Å². The van der Waals surface area contributed by atoms with E-state index in [2.05, 4.69) is 15.3 Å². The second kappa shape index (κ2) is 3.83. The Labute approximate surface area is 85.4 Å². The molecule has 76 valence electrons. The highest BCUT2D eigenvalue weighted by Crippen LogP contribution is 2.23. The van der Waals surface area contributed by atoms with E-state index in [0.717, 1.165) is 0 Å². The van der Waals surface area contributed by atoms with Crippen LogP contribution in [-0.2, 0) is 0 Å². The molecule has 0 saturated carbocycles. The molecule has 2 aromatic rings. The predicted octanol–water partition coefficient (Wildman–Crippen LogP) is 1.22. The van der Waals surface area contributed by atoms with Crippen LogP contribution in [0.25, 0.3) is 0 Å². The van der Waals surface area contributed by atoms with E-state index in [1.54, 1.807) is 24.3 Å². The maximum absolute atomic E-state index is 11.0. The Hall–Kier alpha value is -2.30. The summed E-state index contributed by atoms with van der Waals surface area (Å²) in [5.74, 6) is 0.396. The van der Waals surface area contributed by atoms with Crippen LogP contribution in [-0.4, -0.2) is 15.1 Å². The van der Waals surface area contributed by atoms with Crippen LogP contribution < -0.4 is 10.9 Å². The number of benzene rings is 1. The van der Waals surface area contributed by atoms with Gasteiger partial charge < -0.3 is 10.4 Å². The first-order chi connectivity index (χ1) is 7.25. The summed E-state index contributed by atoms with van der Waals surface area (Å²) in [5, 5.41) is 12.3. The van der Waals surface area contributed by atoms with E-state index in [9.17, 15) is 9.90 Å². The molecule has 0 aliphatic heterocycles. The van der Waals surface area contributed by atoms with Gasteiger partial charge in [-0.1, -0.05) is 12.1 Å². The second-order valence-electron chi connectivity index (χ2n) is 2.92. The van der Waals surface area contributed by atoms with Crippen LogP contribution in [0.3, 0.4) is 0 Å². The van der Waals surface area contributed by atoms with Gasteiger partial charge in [-0.05, 0) is 12.1 Å². The van der Waals surface area contributed by atoms with Gasteiger partial charge in [-0.3, -0.25) is 9.78 Å². The molecule has 5 nitrogen and oxygen atoms in total. The van der Waals surface area contributed by atoms with Gasteiger partial charge in [-0.25, -0.2) is 4.98 Å². The lowest BCUT2D eigenvalue weighted by atomic mass is 10.3. The van der Waals surface area contributed by atoms with Crippen molar-refractivity contribution in [3.63, 3.8) is 0 Å². The number of rotatable bonds is 2. The summed E-state index contributed by atoms with van der Waals surface area (Å²) in [6, 6.07) is 8.02. The molecule has 0 atom stereocenters. The Bertz CT molecular complexity index is 522. The third-order valence-corrected chi connectivity index (χ3v) is 1.83. The van der Waals surface area contributed by atoms with Gasteiger partial charge in [0.1, 0.15) is 5.75 Å². The molecule has 0 aliphatic rings. The zero-order valence-electron chi connectivity index (χ0n) is 7.77. The van der Waals surface area contributed by atoms with Crippen LogP contribution >= 0.6 is 0 Å². The average Bonchev–Trinajstić information content (AvgIpc) is 2.22. The number of phenolic OH excluding ortho intramolecular Hbond substituents is 1. The number of aromatic nitrogens is 2. The van der Waals surface area contributed by atoms with Gasteiger partial charge in [0.25, 0.3) is 5.56 Å². The first-order valence-corrected chi connectivity index (χ1v) is 4.36. The van der Waals surface area contributed by atoms with E-state index >= 15 is 0 Å². The van der Waals surface area contributed by atoms with Gasteiger partial charge in [-0.15, -0.1) is 0 Å². The van der Waals surface area contributed by atoms with Crippen LogP contribution in [0.4, 0.5) is 11.6 Å². The van der Waals surface area contributed by atoms with E-state index in [0.29, 0.717) is 11.6 Å². The van der Waals surface area contributed by atoms with Gasteiger partial charge in [0, 0.05) is 12.3 Å². The zero-order valence-corrected chi connectivity index (χ0v) is 7.77. The molecule has 1 aromatic heterocycles. The third kappa shape index (κ3) is 2.14. The minimum absolute atomic E-state index is 0.101. The standard InChI is InChI=1S/C10H9N3O2/c14-8-4-2-1-3-7(8)12-10-11-6-5-9(15)13-10/h1-6,14H,(H2,11,12,13,15). The van der Waals surface area contributed by atoms with Crippen molar-refractivity contribution in [2.75, 3.05) is 5.32 Å². The maximum Gasteiger partial charge on any atom is 0.252 e. The van der Waals surface area contributed by atoms with Crippen molar-refractivity contribution in [2.24, 2.45) is 0 Å². The van der Waals surface area contributed by atoms with E-state index in [4.69, 9.17) is 0 Å². The molecule has 2 rings (SSSR count). The lowest BCUT2D eigenvalue weighted by Gasteiger charge is -2.05. The van der Waals surface area contributed by atoms with Crippen molar-refractivity contribution in [1.82, 2.24) is 9.97 Å². The number of anilines is 2. The Kier molecular flexibility index (Phi) is 2.37. The van der Waals surface area contributed by atoms with Crippen LogP contribution in [0, 0.1) is 0 Å². The van der Waals surface area contributed by atoms with E-state index in [-0.39, 0.29) is 11.3 Å². The summed E-state index contributed by atoms with van der Waals surface area (Å²) >= 11 is 0. The van der Waals surface area contributed by atoms with Crippen LogP contribution in [0.1, 0.15) is 0 Å². The number of nitrogens with one attached hydrogen (secondary N) is 2. The maximum atomic E-state index is 11.0. The molecular formula is C10H9N3O2. The van der Waals surface area contributed by atoms with Crippen LogP contribution in [0.5, 0.6) is 5.75 Å². The van der Waals surface area contributed by atoms with Gasteiger partial charge in [0.2, 0.25) is 5.95 Å². The number of nitrogens with zero attached hydrogens (tertiary/aromatic N) is 1. The molecule has 5 heteroatoms. The topological polar surface area (TPSA) is 78.0 Å². The van der Waals surface area contributed by atoms with Crippen molar-refractivity contribution in [3.05, 3.63) is 46.9 Å². The summed E-state index contributed by atoms with van der Waals surface area (Å²) in [6.07, 6.45) is 1.39. The minimum atomic E-state index is -0.247. The number of hydrogen-bond donors (Lipinski definition) is 3. The Balaban J connectivity index is 2.30. The Morgan fingerprint density at radius 2 is 2.07 bits per heavy atom. The van der Waals surface area contributed by atoms with E-state index < -0.39 is 0 Å². The summed E-state index contributed by atoms with van der Waals surface area (Å²) in [4.78, 5) is 17.4. The fraction of sp³-hybridized carbons (Fsp3) is 0. The number of para-hydroxylation sites is 2.